The highest BCUT2D eigenvalue weighted by atomic mass is 16.7. The minimum atomic E-state index is -0.422. The highest BCUT2D eigenvalue weighted by Crippen LogP contribution is 2.37. The first-order valence-corrected chi connectivity index (χ1v) is 32.8. The first-order valence-electron chi connectivity index (χ1n) is 32.8. The molecule has 31 heteroatoms. The van der Waals surface area contributed by atoms with Gasteiger partial charge < -0.3 is 84.9 Å². The number of benzene rings is 2. The van der Waals surface area contributed by atoms with Crippen LogP contribution in [0, 0.1) is 0 Å². The van der Waals surface area contributed by atoms with Crippen LogP contribution in [0.2, 0.25) is 0 Å². The number of likely N-dealkylation sites (tertiary alicyclic amines) is 3. The molecule has 100 heavy (non-hydrogen) atoms. The average Bonchev–Trinajstić information content (AvgIpc) is 1.64. The van der Waals surface area contributed by atoms with Crippen molar-refractivity contribution in [2.45, 2.75) is 89.3 Å². The number of rotatable bonds is 20. The van der Waals surface area contributed by atoms with Crippen LogP contribution in [-0.2, 0) is 50.2 Å². The zero-order chi connectivity index (χ0) is 71.0. The molecule has 11 rings (SSSR count). The minimum absolute atomic E-state index is 0.0191. The van der Waals surface area contributed by atoms with Crippen molar-refractivity contribution in [3.63, 3.8) is 0 Å². The number of nitrogen functional groups attached to an aromatic ring is 4. The van der Waals surface area contributed by atoms with E-state index < -0.39 is 18.1 Å². The number of nitrogens with two attached hydrogens (primary N) is 4. The SMILES string of the molecule is COc1ccccc1C1CCCN1C(=O)CNC(=O)NCc1ccc(N)nc1.Nc1ccc(CNC(=O)NCC(=O)N2CCCC2c2ccccn2)cn1.Nc1ccc(CNC(=O)NCC(=O)N2CCCO2)cn1.Nc1ccc(CNC(=O)NCC(=O)N2CCC[C@@H]2c2cccnc2)cc1. The maximum atomic E-state index is 12.7. The molecule has 4 fully saturated rings. The van der Waals surface area contributed by atoms with E-state index in [0.29, 0.717) is 82.1 Å². The third-order valence-corrected chi connectivity index (χ3v) is 16.3. The molecule has 0 bridgehead atoms. The Balaban J connectivity index is 0.000000171. The monoisotopic (exact) mass is 1370 g/mol. The molecule has 16 N–H and O–H groups in total. The van der Waals surface area contributed by atoms with Crippen molar-refractivity contribution >= 4 is 70.9 Å². The molecule has 2 aromatic carbocycles. The summed E-state index contributed by atoms with van der Waals surface area (Å²) >= 11 is 0. The van der Waals surface area contributed by atoms with Gasteiger partial charge in [0.1, 0.15) is 29.7 Å². The summed E-state index contributed by atoms with van der Waals surface area (Å²) in [5.74, 6) is 1.49. The second-order valence-corrected chi connectivity index (χ2v) is 23.4. The number of pyridine rings is 5. The summed E-state index contributed by atoms with van der Waals surface area (Å²) in [5, 5.41) is 22.4. The molecule has 4 aliphatic heterocycles. The molecular formula is C69H87N21O10. The largest absolute Gasteiger partial charge is 0.496 e. The zero-order valence-corrected chi connectivity index (χ0v) is 55.7. The van der Waals surface area contributed by atoms with Gasteiger partial charge >= 0.3 is 24.1 Å². The van der Waals surface area contributed by atoms with Gasteiger partial charge in [-0.25, -0.2) is 39.2 Å². The van der Waals surface area contributed by atoms with Gasteiger partial charge in [0.05, 0.1) is 63.7 Å². The van der Waals surface area contributed by atoms with E-state index in [9.17, 15) is 38.4 Å². The summed E-state index contributed by atoms with van der Waals surface area (Å²) in [7, 11) is 1.63. The zero-order valence-electron chi connectivity index (χ0n) is 55.7. The molecule has 5 aromatic heterocycles. The van der Waals surface area contributed by atoms with Crippen molar-refractivity contribution < 1.29 is 47.9 Å². The molecule has 12 amide bonds. The highest BCUT2D eigenvalue weighted by molar-refractivity contribution is 5.86. The molecule has 0 aliphatic carbocycles. The van der Waals surface area contributed by atoms with Gasteiger partial charge in [-0.1, -0.05) is 60.7 Å². The van der Waals surface area contributed by atoms with Crippen LogP contribution >= 0.6 is 0 Å². The molecule has 0 radical (unpaired) electrons. The number of nitrogens with one attached hydrogen (secondary N) is 8. The van der Waals surface area contributed by atoms with E-state index in [0.717, 1.165) is 89.8 Å². The van der Waals surface area contributed by atoms with Gasteiger partial charge in [-0.2, -0.15) is 0 Å². The standard InChI is InChI=1S/C20H25N5O3.C19H23N5O2.C18H22N6O2.C12H17N5O3/c1-28-17-7-3-2-5-15(17)16-6-4-10-25(16)19(26)13-24-20(27)23-12-14-8-9-18(21)22-11-14;20-16-7-5-14(6-8-16)11-22-19(26)23-13-18(25)24-10-2-4-17(24)15-3-1-9-21-12-15;19-16-7-6-13(10-21-16)11-22-18(26)23-12-17(25)24-9-3-5-15(24)14-4-1-2-8-20-14;13-10-3-2-9(6-14-10)7-15-12(19)16-8-11(18)17-4-1-5-20-17/h2-3,5,7-9,11,16H,4,6,10,12-13H2,1H3,(H2,21,22)(H2,23,24,27);1,3,5-9,12,17H,2,4,10-11,13,20H2,(H2,22,23,26);1-2,4,6-8,10,15H,3,5,9,11-12H2,(H2,19,21)(H2,22,23,26);2-3,6H,1,4-5,7-8H2,(H2,13,14)(H2,15,16,19)/t;17-;;/m.1../s1. The van der Waals surface area contributed by atoms with Gasteiger partial charge in [0.25, 0.3) is 5.91 Å². The summed E-state index contributed by atoms with van der Waals surface area (Å²) in [5.41, 5.74) is 29.2. The number of carbonyl (C=O) groups is 8. The van der Waals surface area contributed by atoms with Crippen LogP contribution in [0.25, 0.3) is 0 Å². The maximum Gasteiger partial charge on any atom is 0.315 e. The Morgan fingerprint density at radius 1 is 0.440 bits per heavy atom. The predicted molar refractivity (Wildman–Crippen MR) is 373 cm³/mol. The third-order valence-electron chi connectivity index (χ3n) is 16.3. The number of para-hydroxylation sites is 1. The van der Waals surface area contributed by atoms with Crippen molar-refractivity contribution in [2.24, 2.45) is 0 Å². The van der Waals surface area contributed by atoms with Crippen LogP contribution in [0.15, 0.2) is 152 Å². The quantitative estimate of drug-likeness (QED) is 0.0467. The van der Waals surface area contributed by atoms with E-state index in [1.165, 1.54) is 5.06 Å². The van der Waals surface area contributed by atoms with Crippen LogP contribution < -0.4 is 70.2 Å². The topological polar surface area (TPSA) is 433 Å². The number of amides is 12. The Kier molecular flexibility index (Phi) is 28.6. The Morgan fingerprint density at radius 3 is 1.34 bits per heavy atom. The number of hydrogen-bond acceptors (Lipinski definition) is 19. The molecule has 528 valence electrons. The Labute approximate surface area is 579 Å². The lowest BCUT2D eigenvalue weighted by molar-refractivity contribution is -0.167. The molecule has 2 unspecified atom stereocenters. The maximum absolute atomic E-state index is 12.7. The number of nitrogens with zero attached hydrogens (tertiary/aromatic N) is 9. The molecule has 7 aromatic rings. The fraction of sp³-hybridized carbons (Fsp3) is 0.348. The van der Waals surface area contributed by atoms with Crippen molar-refractivity contribution in [2.75, 3.05) is 89.0 Å². The normalized spacial score (nSPS) is 15.8. The lowest BCUT2D eigenvalue weighted by Gasteiger charge is -2.26. The lowest BCUT2D eigenvalue weighted by atomic mass is 10.0. The van der Waals surface area contributed by atoms with E-state index in [-0.39, 0.29) is 74.0 Å². The summed E-state index contributed by atoms with van der Waals surface area (Å²) in [6.45, 7) is 4.25. The number of ether oxygens (including phenoxy) is 1. The van der Waals surface area contributed by atoms with Gasteiger partial charge in [-0.3, -0.25) is 34.0 Å². The summed E-state index contributed by atoms with van der Waals surface area (Å²) < 4.78 is 5.43. The number of hydrogen-bond donors (Lipinski definition) is 12. The number of methoxy groups -OCH3 is 1. The van der Waals surface area contributed by atoms with Gasteiger partial charge in [-0.05, 0) is 127 Å². The van der Waals surface area contributed by atoms with Crippen LogP contribution in [0.4, 0.5) is 42.3 Å². The van der Waals surface area contributed by atoms with Gasteiger partial charge in [0.15, 0.2) is 0 Å². The number of urea groups is 4. The number of aromatic nitrogens is 5. The van der Waals surface area contributed by atoms with E-state index >= 15 is 0 Å². The minimum Gasteiger partial charge on any atom is -0.496 e. The predicted octanol–water partition coefficient (Wildman–Crippen LogP) is 4.51. The van der Waals surface area contributed by atoms with Crippen molar-refractivity contribution in [3.8, 4) is 5.75 Å². The fourth-order valence-corrected chi connectivity index (χ4v) is 11.2. The Bertz CT molecular complexity index is 3640. The number of hydroxylamine groups is 2. The van der Waals surface area contributed by atoms with Gasteiger partial charge in [0, 0.05) is 94.2 Å². The molecule has 4 saturated heterocycles. The number of carbonyl (C=O) groups excluding carboxylic acids is 8. The highest BCUT2D eigenvalue weighted by Gasteiger charge is 2.34. The van der Waals surface area contributed by atoms with Gasteiger partial charge in [0.2, 0.25) is 17.7 Å². The summed E-state index contributed by atoms with van der Waals surface area (Å²) in [4.78, 5) is 127. The molecule has 4 aliphatic rings. The lowest BCUT2D eigenvalue weighted by Crippen LogP contribution is -2.43. The van der Waals surface area contributed by atoms with Crippen LogP contribution in [0.1, 0.15) is 102 Å². The smallest absolute Gasteiger partial charge is 0.315 e. The molecule has 0 saturated carbocycles. The van der Waals surface area contributed by atoms with E-state index in [1.54, 1.807) is 97.7 Å². The van der Waals surface area contributed by atoms with Crippen LogP contribution in [0.5, 0.6) is 5.75 Å². The van der Waals surface area contributed by atoms with E-state index in [2.05, 4.69) is 67.5 Å². The molecular weight excluding hydrogens is 1280 g/mol. The second-order valence-electron chi connectivity index (χ2n) is 23.4. The molecule has 31 nitrogen and oxygen atoms in total. The average molecular weight is 1370 g/mol. The third kappa shape index (κ3) is 23.7. The summed E-state index contributed by atoms with van der Waals surface area (Å²) in [6.07, 6.45) is 16.3. The number of anilines is 4. The molecule has 9 heterocycles. The Hall–Kier alpha value is -11.9. The van der Waals surface area contributed by atoms with Crippen molar-refractivity contribution in [1.82, 2.24) is 87.2 Å². The van der Waals surface area contributed by atoms with Crippen LogP contribution in [-0.4, -0.2) is 159 Å². The molecule has 0 spiro atoms. The van der Waals surface area contributed by atoms with Gasteiger partial charge in [-0.15, -0.1) is 0 Å². The van der Waals surface area contributed by atoms with E-state index in [1.807, 2.05) is 76.5 Å². The first-order chi connectivity index (χ1) is 48.5. The fourth-order valence-electron chi connectivity index (χ4n) is 11.2. The summed E-state index contributed by atoms with van der Waals surface area (Å²) in [6, 6.07) is 33.3. The Morgan fingerprint density at radius 2 is 0.890 bits per heavy atom. The second kappa shape index (κ2) is 38.7. The van der Waals surface area contributed by atoms with E-state index in [4.69, 9.17) is 32.5 Å². The molecule has 3 atom stereocenters. The van der Waals surface area contributed by atoms with Crippen LogP contribution in [0.3, 0.4) is 0 Å². The first kappa shape index (κ1) is 73.9. The van der Waals surface area contributed by atoms with Crippen molar-refractivity contribution in [3.05, 3.63) is 192 Å². The van der Waals surface area contributed by atoms with Crippen molar-refractivity contribution in [1.29, 1.82) is 0 Å².